The fourth-order valence-electron chi connectivity index (χ4n) is 5.90. The molecule has 1 N–H and O–H groups in total. The molecule has 0 spiro atoms. The molecule has 2 aliphatic heterocycles. The number of aromatic nitrogens is 1. The Morgan fingerprint density at radius 3 is 2.47 bits per heavy atom. The molecule has 3 aromatic rings. The van der Waals surface area contributed by atoms with Crippen molar-refractivity contribution in [1.29, 1.82) is 0 Å². The van der Waals surface area contributed by atoms with Crippen LogP contribution in [-0.4, -0.2) is 52.1 Å². The SMILES string of the molecule is CCOC(=O)c1[nH]ccc1N1Cc2c(C3CCCCCN3C(=O)OC(C)(C)C)cccc2N(C(=O)c2ccccc2)C1S. The summed E-state index contributed by atoms with van der Waals surface area (Å²) in [6.07, 6.45) is 4.97. The van der Waals surface area contributed by atoms with Crippen LogP contribution in [0.5, 0.6) is 0 Å². The number of esters is 1. The van der Waals surface area contributed by atoms with Crippen molar-refractivity contribution >= 4 is 42.0 Å². The highest BCUT2D eigenvalue weighted by Gasteiger charge is 2.40. The summed E-state index contributed by atoms with van der Waals surface area (Å²) >= 11 is 4.98. The van der Waals surface area contributed by atoms with Gasteiger partial charge in [0.25, 0.3) is 5.91 Å². The van der Waals surface area contributed by atoms with E-state index in [9.17, 15) is 14.4 Å². The van der Waals surface area contributed by atoms with E-state index in [1.807, 2.05) is 67.0 Å². The zero-order valence-corrected chi connectivity index (χ0v) is 26.1. The third-order valence-corrected chi connectivity index (χ3v) is 8.29. The molecule has 228 valence electrons. The number of nitrogens with zero attached hydrogens (tertiary/aromatic N) is 3. The number of carbonyl (C=O) groups is 3. The number of rotatable bonds is 5. The normalized spacial score (nSPS) is 19.0. The summed E-state index contributed by atoms with van der Waals surface area (Å²) in [5, 5.41) is 0. The predicted molar refractivity (Wildman–Crippen MR) is 170 cm³/mol. The van der Waals surface area contributed by atoms with Crippen molar-refractivity contribution in [2.75, 3.05) is 23.0 Å². The molecule has 2 unspecified atom stereocenters. The number of ether oxygens (including phenoxy) is 2. The molecule has 5 rings (SSSR count). The Morgan fingerprint density at radius 2 is 1.74 bits per heavy atom. The van der Waals surface area contributed by atoms with Crippen LogP contribution in [0.15, 0.2) is 60.8 Å². The van der Waals surface area contributed by atoms with E-state index >= 15 is 0 Å². The first kappa shape index (κ1) is 30.5. The van der Waals surface area contributed by atoms with E-state index in [1.165, 1.54) is 0 Å². The zero-order valence-electron chi connectivity index (χ0n) is 25.2. The van der Waals surface area contributed by atoms with Gasteiger partial charge in [0.15, 0.2) is 5.50 Å². The van der Waals surface area contributed by atoms with Gasteiger partial charge in [-0.3, -0.25) is 9.69 Å². The summed E-state index contributed by atoms with van der Waals surface area (Å²) in [7, 11) is 0. The molecule has 9 nitrogen and oxygen atoms in total. The molecular weight excluding hydrogens is 564 g/mol. The number of aromatic amines is 1. The number of hydrogen-bond donors (Lipinski definition) is 2. The van der Waals surface area contributed by atoms with E-state index in [0.29, 0.717) is 30.0 Å². The van der Waals surface area contributed by atoms with Crippen molar-refractivity contribution in [3.63, 3.8) is 0 Å². The predicted octanol–water partition coefficient (Wildman–Crippen LogP) is 6.92. The maximum atomic E-state index is 14.1. The van der Waals surface area contributed by atoms with Crippen LogP contribution in [0.3, 0.4) is 0 Å². The van der Waals surface area contributed by atoms with Crippen molar-refractivity contribution in [1.82, 2.24) is 9.88 Å². The fraction of sp³-hybridized carbons (Fsp3) is 0.424. The minimum Gasteiger partial charge on any atom is -0.461 e. The van der Waals surface area contributed by atoms with Crippen LogP contribution < -0.4 is 9.80 Å². The van der Waals surface area contributed by atoms with Crippen LogP contribution in [0.2, 0.25) is 0 Å². The Morgan fingerprint density at radius 1 is 0.977 bits per heavy atom. The van der Waals surface area contributed by atoms with E-state index in [2.05, 4.69) is 4.98 Å². The largest absolute Gasteiger partial charge is 0.461 e. The number of H-pyrrole nitrogens is 1. The lowest BCUT2D eigenvalue weighted by Crippen LogP contribution is -2.52. The average Bonchev–Trinajstić information content (AvgIpc) is 3.33. The molecule has 10 heteroatoms. The van der Waals surface area contributed by atoms with Crippen molar-refractivity contribution in [3.8, 4) is 0 Å². The number of benzene rings is 2. The molecule has 0 saturated carbocycles. The Bertz CT molecular complexity index is 1470. The fourth-order valence-corrected chi connectivity index (χ4v) is 6.34. The molecule has 2 aromatic carbocycles. The van der Waals surface area contributed by atoms with Gasteiger partial charge in [0.1, 0.15) is 11.3 Å². The van der Waals surface area contributed by atoms with Gasteiger partial charge in [0.05, 0.1) is 24.0 Å². The summed E-state index contributed by atoms with van der Waals surface area (Å²) in [6.45, 7) is 8.55. The van der Waals surface area contributed by atoms with Crippen molar-refractivity contribution < 1.29 is 23.9 Å². The standard InChI is InChI=1S/C33H40N4O5S/c1-5-41-30(39)28-27(18-19-34-28)36-21-24-23(25-16-10-7-11-20-35(25)32(40)42-33(2,3)4)15-12-17-26(24)37(31(36)43)29(38)22-13-8-6-9-14-22/h6,8-9,12-15,17-19,25,31,34,43H,5,7,10-11,16,20-21H2,1-4H3. The molecule has 3 heterocycles. The van der Waals surface area contributed by atoms with Crippen molar-refractivity contribution in [2.24, 2.45) is 0 Å². The number of anilines is 2. The average molecular weight is 605 g/mol. The number of hydrogen-bond acceptors (Lipinski definition) is 7. The summed E-state index contributed by atoms with van der Waals surface area (Å²) in [5.41, 5.74) is 2.61. The molecule has 0 bridgehead atoms. The van der Waals surface area contributed by atoms with Crippen LogP contribution in [0.25, 0.3) is 0 Å². The summed E-state index contributed by atoms with van der Waals surface area (Å²) < 4.78 is 11.2. The third-order valence-electron chi connectivity index (χ3n) is 7.78. The van der Waals surface area contributed by atoms with Crippen molar-refractivity contribution in [3.05, 3.63) is 83.2 Å². The number of amides is 2. The van der Waals surface area contributed by atoms with E-state index in [-0.39, 0.29) is 24.6 Å². The van der Waals surface area contributed by atoms with E-state index in [4.69, 9.17) is 22.1 Å². The minimum atomic E-state index is -0.726. The molecule has 0 radical (unpaired) electrons. The quantitative estimate of drug-likeness (QED) is 0.242. The minimum absolute atomic E-state index is 0.221. The van der Waals surface area contributed by atoms with Crippen LogP contribution in [0.1, 0.15) is 91.4 Å². The van der Waals surface area contributed by atoms with Crippen LogP contribution in [-0.2, 0) is 16.0 Å². The molecule has 1 fully saturated rings. The Labute approximate surface area is 258 Å². The molecule has 1 saturated heterocycles. The van der Waals surface area contributed by atoms with Gasteiger partial charge in [-0.1, -0.05) is 43.2 Å². The second kappa shape index (κ2) is 12.8. The molecule has 0 aliphatic carbocycles. The Kier molecular flexibility index (Phi) is 9.05. The van der Waals surface area contributed by atoms with Crippen LogP contribution in [0.4, 0.5) is 16.2 Å². The third kappa shape index (κ3) is 6.39. The number of likely N-dealkylation sites (tertiary alicyclic amines) is 1. The summed E-state index contributed by atoms with van der Waals surface area (Å²) in [5.74, 6) is -0.704. The van der Waals surface area contributed by atoms with Crippen molar-refractivity contribution in [2.45, 2.75) is 77.1 Å². The number of nitrogens with one attached hydrogen (secondary N) is 1. The van der Waals surface area contributed by atoms with Gasteiger partial charge in [-0.2, -0.15) is 0 Å². The van der Waals surface area contributed by atoms with Crippen LogP contribution in [0, 0.1) is 0 Å². The maximum absolute atomic E-state index is 14.1. The van der Waals surface area contributed by atoms with Gasteiger partial charge in [0, 0.05) is 30.4 Å². The van der Waals surface area contributed by atoms with Gasteiger partial charge >= 0.3 is 12.1 Å². The monoisotopic (exact) mass is 604 g/mol. The lowest BCUT2D eigenvalue weighted by Gasteiger charge is -2.45. The molecule has 2 amide bonds. The smallest absolute Gasteiger partial charge is 0.410 e. The summed E-state index contributed by atoms with van der Waals surface area (Å²) in [4.78, 5) is 49.0. The Hall–Kier alpha value is -3.92. The van der Waals surface area contributed by atoms with Gasteiger partial charge < -0.3 is 24.3 Å². The molecule has 43 heavy (non-hydrogen) atoms. The highest BCUT2D eigenvalue weighted by Crippen LogP contribution is 2.43. The van der Waals surface area contributed by atoms with Gasteiger partial charge in [-0.15, -0.1) is 12.6 Å². The zero-order chi connectivity index (χ0) is 30.7. The van der Waals surface area contributed by atoms with Crippen LogP contribution >= 0.6 is 12.6 Å². The van der Waals surface area contributed by atoms with E-state index < -0.39 is 17.1 Å². The maximum Gasteiger partial charge on any atom is 0.410 e. The summed E-state index contributed by atoms with van der Waals surface area (Å²) in [6, 6.07) is 16.5. The molecular formula is C33H40N4O5S. The first-order valence-electron chi connectivity index (χ1n) is 14.9. The second-order valence-electron chi connectivity index (χ2n) is 11.9. The lowest BCUT2D eigenvalue weighted by molar-refractivity contribution is 0.0162. The first-order valence-corrected chi connectivity index (χ1v) is 15.4. The Balaban J connectivity index is 1.64. The highest BCUT2D eigenvalue weighted by atomic mass is 32.1. The van der Waals surface area contributed by atoms with Gasteiger partial charge in [-0.25, -0.2) is 9.59 Å². The van der Waals surface area contributed by atoms with Gasteiger partial charge in [0.2, 0.25) is 0 Å². The number of fused-ring (bicyclic) bond motifs is 1. The molecule has 2 aliphatic rings. The molecule has 2 atom stereocenters. The topological polar surface area (TPSA) is 95.2 Å². The van der Waals surface area contributed by atoms with Gasteiger partial charge in [-0.05, 0) is 70.4 Å². The lowest BCUT2D eigenvalue weighted by atomic mass is 9.92. The molecule has 1 aromatic heterocycles. The second-order valence-corrected chi connectivity index (χ2v) is 12.3. The van der Waals surface area contributed by atoms with E-state index in [0.717, 1.165) is 42.5 Å². The first-order chi connectivity index (χ1) is 20.6. The number of thiol groups is 1. The number of carbonyl (C=O) groups excluding carboxylic acids is 3. The highest BCUT2D eigenvalue weighted by molar-refractivity contribution is 7.81. The van der Waals surface area contributed by atoms with E-state index in [1.54, 1.807) is 36.2 Å².